The Bertz CT molecular complexity index is 474. The summed E-state index contributed by atoms with van der Waals surface area (Å²) < 4.78 is 0. The number of anilines is 2. The Morgan fingerprint density at radius 2 is 1.91 bits per heavy atom. The number of carbonyl (C=O) groups excluding carboxylic acids is 1. The van der Waals surface area contributed by atoms with Crippen LogP contribution in [0.1, 0.15) is 25.7 Å². The maximum Gasteiger partial charge on any atom is 0.238 e. The van der Waals surface area contributed by atoms with Gasteiger partial charge in [-0.2, -0.15) is 0 Å². The molecule has 1 saturated carbocycles. The van der Waals surface area contributed by atoms with E-state index >= 15 is 0 Å². The highest BCUT2D eigenvalue weighted by Gasteiger charge is 2.20. The molecule has 2 aliphatic rings. The van der Waals surface area contributed by atoms with E-state index in [0.29, 0.717) is 6.54 Å². The minimum Gasteiger partial charge on any atom is -0.371 e. The lowest BCUT2D eigenvalue weighted by atomic mass is 10.2. The average molecular weight is 346 g/mol. The Kier molecular flexibility index (Phi) is 8.01. The van der Waals surface area contributed by atoms with Crippen molar-refractivity contribution in [3.05, 3.63) is 24.3 Å². The Morgan fingerprint density at radius 3 is 2.59 bits per heavy atom. The summed E-state index contributed by atoms with van der Waals surface area (Å²) in [6.07, 6.45) is 5.16. The minimum absolute atomic E-state index is 0. The fraction of sp³-hybridized carbons (Fsp3) is 0.562. The number of benzene rings is 1. The molecule has 1 aliphatic carbocycles. The first-order valence-electron chi connectivity index (χ1n) is 7.67. The molecule has 2 fully saturated rings. The van der Waals surface area contributed by atoms with Gasteiger partial charge >= 0.3 is 0 Å². The SMILES string of the molecule is Cl.Cl.O=C(CNCC1CC1)Nc1cccc(N2CCCC2)c1. The predicted octanol–water partition coefficient (Wildman–Crippen LogP) is 3.07. The first-order chi connectivity index (χ1) is 9.81. The van der Waals surface area contributed by atoms with Crippen molar-refractivity contribution < 1.29 is 4.79 Å². The third-order valence-electron chi connectivity index (χ3n) is 4.02. The van der Waals surface area contributed by atoms with E-state index in [1.54, 1.807) is 0 Å². The van der Waals surface area contributed by atoms with Crippen LogP contribution in [-0.2, 0) is 4.79 Å². The highest BCUT2D eigenvalue weighted by atomic mass is 35.5. The van der Waals surface area contributed by atoms with Gasteiger partial charge in [0, 0.05) is 24.5 Å². The van der Waals surface area contributed by atoms with Gasteiger partial charge in [0.25, 0.3) is 0 Å². The van der Waals surface area contributed by atoms with Crippen LogP contribution in [0.25, 0.3) is 0 Å². The molecule has 1 aliphatic heterocycles. The molecule has 1 saturated heterocycles. The van der Waals surface area contributed by atoms with Gasteiger partial charge in [-0.15, -0.1) is 24.8 Å². The van der Waals surface area contributed by atoms with Crippen LogP contribution in [0.4, 0.5) is 11.4 Å². The van der Waals surface area contributed by atoms with E-state index in [4.69, 9.17) is 0 Å². The van der Waals surface area contributed by atoms with Crippen molar-refractivity contribution in [2.24, 2.45) is 5.92 Å². The van der Waals surface area contributed by atoms with Gasteiger partial charge in [-0.1, -0.05) is 6.07 Å². The summed E-state index contributed by atoms with van der Waals surface area (Å²) in [5, 5.41) is 6.19. The molecule has 3 rings (SSSR count). The number of hydrogen-bond donors (Lipinski definition) is 2. The van der Waals surface area contributed by atoms with Crippen LogP contribution < -0.4 is 15.5 Å². The summed E-state index contributed by atoms with van der Waals surface area (Å²) in [4.78, 5) is 14.2. The molecule has 0 unspecified atom stereocenters. The zero-order valence-electron chi connectivity index (χ0n) is 12.7. The summed E-state index contributed by atoms with van der Waals surface area (Å²) in [5.74, 6) is 0.852. The summed E-state index contributed by atoms with van der Waals surface area (Å²) in [7, 11) is 0. The molecular formula is C16H25Cl2N3O. The molecule has 0 atom stereocenters. The van der Waals surface area contributed by atoms with Crippen molar-refractivity contribution in [3.8, 4) is 0 Å². The van der Waals surface area contributed by atoms with Crippen LogP contribution in [0, 0.1) is 5.92 Å². The zero-order valence-corrected chi connectivity index (χ0v) is 14.3. The topological polar surface area (TPSA) is 44.4 Å². The Morgan fingerprint density at radius 1 is 1.18 bits per heavy atom. The smallest absolute Gasteiger partial charge is 0.238 e. The lowest BCUT2D eigenvalue weighted by Crippen LogP contribution is -2.29. The number of nitrogens with one attached hydrogen (secondary N) is 2. The molecule has 1 heterocycles. The van der Waals surface area contributed by atoms with Crippen molar-refractivity contribution in [1.29, 1.82) is 0 Å². The van der Waals surface area contributed by atoms with Gasteiger partial charge in [0.1, 0.15) is 0 Å². The largest absolute Gasteiger partial charge is 0.371 e. The highest BCUT2D eigenvalue weighted by Crippen LogP contribution is 2.27. The second kappa shape index (κ2) is 9.23. The third-order valence-corrected chi connectivity index (χ3v) is 4.02. The molecule has 0 bridgehead atoms. The summed E-state index contributed by atoms with van der Waals surface area (Å²) >= 11 is 0. The molecule has 6 heteroatoms. The third kappa shape index (κ3) is 5.67. The van der Waals surface area contributed by atoms with E-state index in [9.17, 15) is 4.79 Å². The van der Waals surface area contributed by atoms with Crippen LogP contribution in [0.5, 0.6) is 0 Å². The van der Waals surface area contributed by atoms with Crippen LogP contribution in [-0.4, -0.2) is 32.1 Å². The fourth-order valence-corrected chi connectivity index (χ4v) is 2.67. The first kappa shape index (κ1) is 19.1. The maximum atomic E-state index is 11.9. The van der Waals surface area contributed by atoms with E-state index in [0.717, 1.165) is 31.2 Å². The van der Waals surface area contributed by atoms with Gasteiger partial charge in [0.15, 0.2) is 0 Å². The fourth-order valence-electron chi connectivity index (χ4n) is 2.67. The molecular weight excluding hydrogens is 321 g/mol. The molecule has 1 aromatic rings. The van der Waals surface area contributed by atoms with E-state index in [1.165, 1.54) is 31.4 Å². The minimum atomic E-state index is 0. The van der Waals surface area contributed by atoms with Gasteiger partial charge in [-0.3, -0.25) is 4.79 Å². The van der Waals surface area contributed by atoms with Crippen LogP contribution in [0.2, 0.25) is 0 Å². The maximum absolute atomic E-state index is 11.9. The van der Waals surface area contributed by atoms with E-state index < -0.39 is 0 Å². The number of carbonyl (C=O) groups is 1. The molecule has 22 heavy (non-hydrogen) atoms. The number of hydrogen-bond acceptors (Lipinski definition) is 3. The normalized spacial score (nSPS) is 16.6. The molecule has 4 nitrogen and oxygen atoms in total. The molecule has 124 valence electrons. The van der Waals surface area contributed by atoms with Gasteiger partial charge in [-0.25, -0.2) is 0 Å². The lowest BCUT2D eigenvalue weighted by Gasteiger charge is -2.18. The average Bonchev–Trinajstić information content (AvgIpc) is 3.10. The van der Waals surface area contributed by atoms with Crippen molar-refractivity contribution in [1.82, 2.24) is 5.32 Å². The van der Waals surface area contributed by atoms with E-state index in [2.05, 4.69) is 27.7 Å². The second-order valence-corrected chi connectivity index (χ2v) is 5.87. The molecule has 0 spiro atoms. The number of halogens is 2. The molecule has 2 N–H and O–H groups in total. The highest BCUT2D eigenvalue weighted by molar-refractivity contribution is 5.92. The monoisotopic (exact) mass is 345 g/mol. The Hall–Kier alpha value is -0.970. The lowest BCUT2D eigenvalue weighted by molar-refractivity contribution is -0.115. The summed E-state index contributed by atoms with van der Waals surface area (Å²) in [5.41, 5.74) is 2.11. The summed E-state index contributed by atoms with van der Waals surface area (Å²) in [6, 6.07) is 8.16. The van der Waals surface area contributed by atoms with Crippen molar-refractivity contribution in [2.75, 3.05) is 36.4 Å². The van der Waals surface area contributed by atoms with E-state index in [-0.39, 0.29) is 30.7 Å². The van der Waals surface area contributed by atoms with Crippen molar-refractivity contribution >= 4 is 42.1 Å². The van der Waals surface area contributed by atoms with Gasteiger partial charge in [0.05, 0.1) is 6.54 Å². The zero-order chi connectivity index (χ0) is 13.8. The van der Waals surface area contributed by atoms with Gasteiger partial charge in [0.2, 0.25) is 5.91 Å². The molecule has 1 aromatic carbocycles. The number of nitrogens with zero attached hydrogens (tertiary/aromatic N) is 1. The Labute approximate surface area is 144 Å². The van der Waals surface area contributed by atoms with Crippen LogP contribution in [0.3, 0.4) is 0 Å². The quantitative estimate of drug-likeness (QED) is 0.832. The van der Waals surface area contributed by atoms with Crippen molar-refractivity contribution in [2.45, 2.75) is 25.7 Å². The van der Waals surface area contributed by atoms with Gasteiger partial charge < -0.3 is 15.5 Å². The number of amides is 1. The molecule has 0 radical (unpaired) electrons. The summed E-state index contributed by atoms with van der Waals surface area (Å²) in [6.45, 7) is 3.63. The second-order valence-electron chi connectivity index (χ2n) is 5.87. The van der Waals surface area contributed by atoms with Crippen LogP contribution >= 0.6 is 24.8 Å². The first-order valence-corrected chi connectivity index (χ1v) is 7.67. The predicted molar refractivity (Wildman–Crippen MR) is 96.6 cm³/mol. The number of rotatable bonds is 6. The van der Waals surface area contributed by atoms with Gasteiger partial charge in [-0.05, 0) is 56.3 Å². The van der Waals surface area contributed by atoms with Crippen LogP contribution in [0.15, 0.2) is 24.3 Å². The standard InChI is InChI=1S/C16H23N3O.2ClH/c20-16(12-17-11-13-6-7-13)18-14-4-3-5-15(10-14)19-8-1-2-9-19;;/h3-5,10,13,17H,1-2,6-9,11-12H2,(H,18,20);2*1H. The Balaban J connectivity index is 0.00000121. The molecule has 0 aromatic heterocycles. The van der Waals surface area contributed by atoms with E-state index in [1.807, 2.05) is 12.1 Å². The van der Waals surface area contributed by atoms with Crippen molar-refractivity contribution in [3.63, 3.8) is 0 Å². The molecule has 1 amide bonds.